The predicted molar refractivity (Wildman–Crippen MR) is 99.5 cm³/mol. The van der Waals surface area contributed by atoms with E-state index in [1.807, 2.05) is 36.0 Å². The lowest BCUT2D eigenvalue weighted by Gasteiger charge is -2.35. The number of carbonyl (C=O) groups is 1. The van der Waals surface area contributed by atoms with Crippen molar-refractivity contribution in [1.82, 2.24) is 14.7 Å². The van der Waals surface area contributed by atoms with Crippen molar-refractivity contribution in [2.75, 3.05) is 40.3 Å². The molecule has 0 radical (unpaired) electrons. The third-order valence-corrected chi connectivity index (χ3v) is 5.19. The molecule has 1 amide bonds. The summed E-state index contributed by atoms with van der Waals surface area (Å²) in [5.41, 5.74) is 1.36. The number of hydrogen-bond donors (Lipinski definition) is 0. The number of allylic oxidation sites excluding steroid dienone is 1. The summed E-state index contributed by atoms with van der Waals surface area (Å²) in [7, 11) is 4.00. The zero-order valence-electron chi connectivity index (χ0n) is 16.0. The zero-order valence-corrected chi connectivity index (χ0v) is 16.0. The Hall–Kier alpha value is -1.59. The Bertz CT molecular complexity index is 631. The summed E-state index contributed by atoms with van der Waals surface area (Å²) in [6.07, 6.45) is 4.71. The van der Waals surface area contributed by atoms with E-state index in [9.17, 15) is 4.79 Å². The number of nitrogens with zero attached hydrogens (tertiary/aromatic N) is 3. The van der Waals surface area contributed by atoms with Crippen LogP contribution in [0.15, 0.2) is 28.2 Å². The maximum absolute atomic E-state index is 12.9. The highest BCUT2D eigenvalue weighted by molar-refractivity contribution is 5.91. The molecule has 138 valence electrons. The first-order chi connectivity index (χ1) is 11.9. The predicted octanol–water partition coefficient (Wildman–Crippen LogP) is 2.84. The van der Waals surface area contributed by atoms with Crippen LogP contribution in [0.3, 0.4) is 0 Å². The van der Waals surface area contributed by atoms with E-state index in [0.29, 0.717) is 17.7 Å². The van der Waals surface area contributed by atoms with E-state index in [1.54, 1.807) is 0 Å². The number of furan rings is 1. The molecule has 3 aliphatic rings. The highest BCUT2D eigenvalue weighted by Gasteiger charge is 2.36. The van der Waals surface area contributed by atoms with Crippen molar-refractivity contribution in [1.29, 1.82) is 0 Å². The largest absolute Gasteiger partial charge is 0.455 e. The van der Waals surface area contributed by atoms with Crippen LogP contribution in [0, 0.1) is 5.92 Å². The molecular formula is C20H31N3O2. The number of amides is 1. The van der Waals surface area contributed by atoms with Crippen LogP contribution in [0.2, 0.25) is 0 Å². The Morgan fingerprint density at radius 2 is 2.04 bits per heavy atom. The van der Waals surface area contributed by atoms with E-state index in [0.717, 1.165) is 38.5 Å². The lowest BCUT2D eigenvalue weighted by atomic mass is 9.95. The number of fused-ring (bicyclic) bond motifs is 4. The van der Waals surface area contributed by atoms with E-state index in [1.165, 1.54) is 18.4 Å². The Labute approximate surface area is 151 Å². The number of rotatable bonds is 5. The van der Waals surface area contributed by atoms with Crippen molar-refractivity contribution >= 4 is 5.91 Å². The van der Waals surface area contributed by atoms with Crippen LogP contribution in [-0.2, 0) is 6.54 Å². The van der Waals surface area contributed by atoms with Crippen LogP contribution in [-0.4, -0.2) is 66.9 Å². The van der Waals surface area contributed by atoms with Gasteiger partial charge in [0.25, 0.3) is 5.91 Å². The molecule has 0 aromatic carbocycles. The zero-order chi connectivity index (χ0) is 18.0. The van der Waals surface area contributed by atoms with Crippen LogP contribution in [0.25, 0.3) is 0 Å². The molecule has 5 nitrogen and oxygen atoms in total. The number of carbonyl (C=O) groups excluding carboxylic acids is 1. The Morgan fingerprint density at radius 3 is 2.76 bits per heavy atom. The van der Waals surface area contributed by atoms with Crippen molar-refractivity contribution in [3.8, 4) is 0 Å². The topological polar surface area (TPSA) is 39.9 Å². The first-order valence-electron chi connectivity index (χ1n) is 9.32. The van der Waals surface area contributed by atoms with Crippen LogP contribution >= 0.6 is 0 Å². The normalized spacial score (nSPS) is 23.8. The van der Waals surface area contributed by atoms with E-state index < -0.39 is 0 Å². The summed E-state index contributed by atoms with van der Waals surface area (Å²) >= 11 is 0. The van der Waals surface area contributed by atoms with Gasteiger partial charge in [0.2, 0.25) is 0 Å². The summed E-state index contributed by atoms with van der Waals surface area (Å²) in [6, 6.07) is 4.21. The van der Waals surface area contributed by atoms with Gasteiger partial charge in [0.05, 0.1) is 6.54 Å². The van der Waals surface area contributed by atoms with Gasteiger partial charge < -0.3 is 14.2 Å². The molecule has 3 saturated heterocycles. The molecule has 4 rings (SSSR count). The molecule has 3 aliphatic heterocycles. The van der Waals surface area contributed by atoms with Crippen LogP contribution in [0.1, 0.15) is 43.0 Å². The van der Waals surface area contributed by atoms with Gasteiger partial charge in [-0.2, -0.15) is 0 Å². The van der Waals surface area contributed by atoms with Crippen LogP contribution in [0.4, 0.5) is 0 Å². The fourth-order valence-corrected chi connectivity index (χ4v) is 3.91. The molecule has 0 aliphatic carbocycles. The second kappa shape index (κ2) is 7.75. The van der Waals surface area contributed by atoms with Gasteiger partial charge in [-0.1, -0.05) is 11.6 Å². The minimum Gasteiger partial charge on any atom is -0.455 e. The molecule has 3 fully saturated rings. The minimum atomic E-state index is 0.0472. The molecule has 0 unspecified atom stereocenters. The standard InChI is InChI=1S/C20H31N3O2/c1-15(2)9-10-22-11-16-5-6-17(22)13-23(12-16)20(24)19-8-7-18(25-19)14-21(3)4/h7-9,16-17H,5-6,10-14H2,1-4H3/t16-,17-/m1/s1. The van der Waals surface area contributed by atoms with Crippen molar-refractivity contribution in [2.24, 2.45) is 5.92 Å². The van der Waals surface area contributed by atoms with Crippen LogP contribution < -0.4 is 0 Å². The van der Waals surface area contributed by atoms with Gasteiger partial charge in [-0.05, 0) is 58.8 Å². The fraction of sp³-hybridized carbons (Fsp3) is 0.650. The summed E-state index contributed by atoms with van der Waals surface area (Å²) in [6.45, 7) is 8.78. The van der Waals surface area contributed by atoms with Gasteiger partial charge >= 0.3 is 0 Å². The Morgan fingerprint density at radius 1 is 1.24 bits per heavy atom. The Kier molecular flexibility index (Phi) is 5.64. The van der Waals surface area contributed by atoms with Gasteiger partial charge in [-0.15, -0.1) is 0 Å². The Balaban J connectivity index is 1.68. The van der Waals surface area contributed by atoms with E-state index in [-0.39, 0.29) is 5.91 Å². The van der Waals surface area contributed by atoms with Crippen molar-refractivity contribution < 1.29 is 9.21 Å². The molecule has 1 aromatic rings. The van der Waals surface area contributed by atoms with Crippen molar-refractivity contribution in [3.63, 3.8) is 0 Å². The van der Waals surface area contributed by atoms with Gasteiger partial charge in [-0.25, -0.2) is 0 Å². The second-order valence-corrected chi connectivity index (χ2v) is 8.05. The molecule has 2 bridgehead atoms. The summed E-state index contributed by atoms with van der Waals surface area (Å²) in [5.74, 6) is 1.95. The van der Waals surface area contributed by atoms with Gasteiger partial charge in [0.15, 0.2) is 5.76 Å². The molecule has 0 spiro atoms. The van der Waals surface area contributed by atoms with Gasteiger partial charge in [0.1, 0.15) is 5.76 Å². The van der Waals surface area contributed by atoms with E-state index in [4.69, 9.17) is 4.42 Å². The molecule has 1 aromatic heterocycles. The molecule has 2 atom stereocenters. The average Bonchev–Trinajstić information content (AvgIpc) is 2.81. The summed E-state index contributed by atoms with van der Waals surface area (Å²) in [5, 5.41) is 0. The highest BCUT2D eigenvalue weighted by Crippen LogP contribution is 2.29. The molecular weight excluding hydrogens is 314 g/mol. The SMILES string of the molecule is CC(C)=CCN1C[C@H]2CC[C@@H]1CN(C(=O)c1ccc(CN(C)C)o1)C2. The molecule has 0 N–H and O–H groups in total. The van der Waals surface area contributed by atoms with Crippen molar-refractivity contribution in [2.45, 2.75) is 39.3 Å². The minimum absolute atomic E-state index is 0.0472. The monoisotopic (exact) mass is 345 g/mol. The lowest BCUT2D eigenvalue weighted by Crippen LogP contribution is -2.44. The van der Waals surface area contributed by atoms with Crippen molar-refractivity contribution in [3.05, 3.63) is 35.3 Å². The second-order valence-electron chi connectivity index (χ2n) is 8.05. The third kappa shape index (κ3) is 4.53. The molecule has 4 heterocycles. The maximum atomic E-state index is 12.9. The maximum Gasteiger partial charge on any atom is 0.289 e. The summed E-state index contributed by atoms with van der Waals surface area (Å²) in [4.78, 5) is 19.5. The molecule has 0 saturated carbocycles. The van der Waals surface area contributed by atoms with E-state index in [2.05, 4.69) is 24.8 Å². The molecule has 5 heteroatoms. The number of hydrogen-bond acceptors (Lipinski definition) is 4. The first kappa shape index (κ1) is 18.2. The smallest absolute Gasteiger partial charge is 0.289 e. The third-order valence-electron chi connectivity index (χ3n) is 5.19. The highest BCUT2D eigenvalue weighted by atomic mass is 16.4. The molecule has 25 heavy (non-hydrogen) atoms. The summed E-state index contributed by atoms with van der Waals surface area (Å²) < 4.78 is 5.79. The van der Waals surface area contributed by atoms with Gasteiger partial charge in [-0.3, -0.25) is 9.69 Å². The quantitative estimate of drug-likeness (QED) is 0.770. The fourth-order valence-electron chi connectivity index (χ4n) is 3.91. The average molecular weight is 345 g/mol. The van der Waals surface area contributed by atoms with Gasteiger partial charge in [0, 0.05) is 32.2 Å². The first-order valence-corrected chi connectivity index (χ1v) is 9.32. The lowest BCUT2D eigenvalue weighted by molar-refractivity contribution is 0.0705. The van der Waals surface area contributed by atoms with Crippen LogP contribution in [0.5, 0.6) is 0 Å². The number of piperidine rings is 1. The van der Waals surface area contributed by atoms with E-state index >= 15 is 0 Å².